The summed E-state index contributed by atoms with van der Waals surface area (Å²) >= 11 is 0. The zero-order chi connectivity index (χ0) is 99.8. The van der Waals surface area contributed by atoms with Crippen molar-refractivity contribution < 1.29 is 119 Å². The number of fused-ring (bicyclic) bond motifs is 4. The molecule has 7 fully saturated rings. The van der Waals surface area contributed by atoms with Gasteiger partial charge in [0.2, 0.25) is 29.7 Å². The second kappa shape index (κ2) is 42.8. The third-order valence-corrected chi connectivity index (χ3v) is 24.9. The molecule has 9 heterocycles. The van der Waals surface area contributed by atoms with Crippen molar-refractivity contribution in [3.8, 4) is 0 Å². The van der Waals surface area contributed by atoms with Gasteiger partial charge in [0.25, 0.3) is 36.0 Å². The van der Waals surface area contributed by atoms with Gasteiger partial charge < -0.3 is 47.2 Å². The molecule has 2 aliphatic carbocycles. The lowest BCUT2D eigenvalue weighted by Gasteiger charge is -2.34. The third-order valence-electron chi connectivity index (χ3n) is 24.9. The highest BCUT2D eigenvalue weighted by atomic mass is 19.4. The van der Waals surface area contributed by atoms with Crippen molar-refractivity contribution in [1.29, 1.82) is 0 Å². The summed E-state index contributed by atoms with van der Waals surface area (Å²) in [7, 11) is 0. The van der Waals surface area contributed by atoms with Crippen molar-refractivity contribution in [3.63, 3.8) is 0 Å². The first-order valence-electron chi connectivity index (χ1n) is 46.1. The number of imidazole rings is 4. The Morgan fingerprint density at radius 3 is 1.16 bits per heavy atom. The van der Waals surface area contributed by atoms with E-state index in [1.165, 1.54) is 76.9 Å². The van der Waals surface area contributed by atoms with Crippen LogP contribution in [0, 0.1) is 11.8 Å². The van der Waals surface area contributed by atoms with E-state index in [1.54, 1.807) is 38.6 Å². The molecular formula is C98H98F13N17O13. The van der Waals surface area contributed by atoms with Crippen LogP contribution in [0.25, 0.3) is 44.1 Å². The molecule has 2 saturated carbocycles. The SMILES string of the molecule is CC(F)(F)Cn1c(NC(=O)c2cccc(C(F)(F)F)c2)nc2cc(N3CCCOC3=O)ccc21.O=C(Nc1nc2cc(N3CCCOC3=O)ccc2n1CC1CCCCC1)c1cccc(C(F)(F)F)c1.O=C(Nc1nc2cc(N3CCCOC3=O)ccc2n1CC1CCCOC1)c1cccc(C(F)(F)F)c1.O=C(Nc1nc2cc(N3CCN(C4CC4)CC3=O)ccc2n1CCCO)c1cccc(C(F)F)c1. The molecule has 1 atom stereocenters. The second-order valence-electron chi connectivity index (χ2n) is 35.2. The van der Waals surface area contributed by atoms with Gasteiger partial charge in [0.1, 0.15) is 0 Å². The normalized spacial score (nSPS) is 17.0. The Bertz CT molecular complexity index is 6440. The topological polar surface area (TPSA) is 329 Å². The van der Waals surface area contributed by atoms with Crippen LogP contribution in [0.1, 0.15) is 161 Å². The van der Waals surface area contributed by atoms with E-state index in [0.717, 1.165) is 134 Å². The molecule has 0 bridgehead atoms. The average molecular weight is 1970 g/mol. The number of amides is 8. The number of alkyl halides is 13. The number of hydrogen-bond donors (Lipinski definition) is 5. The summed E-state index contributed by atoms with van der Waals surface area (Å²) in [6, 6.07) is 39.0. The molecule has 7 aliphatic rings. The number of carbonyl (C=O) groups is 8. The van der Waals surface area contributed by atoms with E-state index in [2.05, 4.69) is 46.1 Å². The summed E-state index contributed by atoms with van der Waals surface area (Å²) in [6.07, 6.45) is -5.55. The second-order valence-corrected chi connectivity index (χ2v) is 35.2. The Balaban J connectivity index is 0.000000135. The van der Waals surface area contributed by atoms with Crippen LogP contribution in [0.3, 0.4) is 0 Å². The number of rotatable bonds is 23. The number of benzene rings is 8. The zero-order valence-corrected chi connectivity index (χ0v) is 76.1. The monoisotopic (exact) mass is 1970 g/mol. The number of aromatic nitrogens is 8. The zero-order valence-electron chi connectivity index (χ0n) is 76.1. The first-order valence-corrected chi connectivity index (χ1v) is 46.1. The molecule has 12 aromatic rings. The van der Waals surface area contributed by atoms with Crippen LogP contribution >= 0.6 is 0 Å². The molecule has 744 valence electrons. The molecule has 5 saturated heterocycles. The number of piperazine rings is 1. The quantitative estimate of drug-likeness (QED) is 0.0293. The van der Waals surface area contributed by atoms with Gasteiger partial charge in [0.05, 0.1) is 100 Å². The highest BCUT2D eigenvalue weighted by Crippen LogP contribution is 2.40. The maximum Gasteiger partial charge on any atom is 0.416 e. The highest BCUT2D eigenvalue weighted by molar-refractivity contribution is 6.08. The van der Waals surface area contributed by atoms with E-state index in [0.29, 0.717) is 163 Å². The molecule has 1 unspecified atom stereocenters. The summed E-state index contributed by atoms with van der Waals surface area (Å²) in [6.45, 7) is 6.99. The van der Waals surface area contributed by atoms with E-state index >= 15 is 0 Å². The molecule has 4 aromatic heterocycles. The van der Waals surface area contributed by atoms with E-state index in [1.807, 2.05) is 45.5 Å². The molecule has 30 nitrogen and oxygen atoms in total. The molecule has 5 N–H and O–H groups in total. The van der Waals surface area contributed by atoms with Crippen LogP contribution in [-0.4, -0.2) is 187 Å². The van der Waals surface area contributed by atoms with E-state index in [4.69, 9.17) is 18.9 Å². The van der Waals surface area contributed by atoms with Crippen LogP contribution in [-0.2, 0) is 68.4 Å². The molecule has 8 aromatic carbocycles. The summed E-state index contributed by atoms with van der Waals surface area (Å²) in [5.41, 5.74) is 3.39. The van der Waals surface area contributed by atoms with Gasteiger partial charge in [0.15, 0.2) is 0 Å². The van der Waals surface area contributed by atoms with Gasteiger partial charge in [-0.25, -0.2) is 51.9 Å². The van der Waals surface area contributed by atoms with Crippen molar-refractivity contribution in [1.82, 2.24) is 43.1 Å². The molecule has 0 spiro atoms. The lowest BCUT2D eigenvalue weighted by Crippen LogP contribution is -2.51. The predicted octanol–water partition coefficient (Wildman–Crippen LogP) is 20.0. The van der Waals surface area contributed by atoms with Gasteiger partial charge in [-0.15, -0.1) is 0 Å². The van der Waals surface area contributed by atoms with Crippen molar-refractivity contribution in [3.05, 3.63) is 214 Å². The van der Waals surface area contributed by atoms with Gasteiger partial charge in [-0.05, 0) is 210 Å². The van der Waals surface area contributed by atoms with Gasteiger partial charge >= 0.3 is 36.8 Å². The Labute approximate surface area is 797 Å². The number of hydrogen-bond acceptors (Lipinski definition) is 18. The maximum absolute atomic E-state index is 13.9. The number of cyclic esters (lactones) is 3. The van der Waals surface area contributed by atoms with Crippen LogP contribution in [0.5, 0.6) is 0 Å². The number of aryl methyl sites for hydroxylation is 1. The Morgan fingerprint density at radius 1 is 0.411 bits per heavy atom. The highest BCUT2D eigenvalue weighted by Gasteiger charge is 2.39. The molecular weight excluding hydrogens is 1870 g/mol. The van der Waals surface area contributed by atoms with Crippen molar-refractivity contribution >= 4 is 138 Å². The maximum atomic E-state index is 13.9. The summed E-state index contributed by atoms with van der Waals surface area (Å²) in [5, 5.41) is 19.8. The van der Waals surface area contributed by atoms with Gasteiger partial charge in [-0.1, -0.05) is 49.6 Å². The number of nitrogens with one attached hydrogen (secondary N) is 4. The molecule has 5 aliphatic heterocycles. The molecule has 19 rings (SSSR count). The predicted molar refractivity (Wildman–Crippen MR) is 496 cm³/mol. The van der Waals surface area contributed by atoms with Crippen LogP contribution in [0.2, 0.25) is 0 Å². The third kappa shape index (κ3) is 24.3. The Morgan fingerprint density at radius 2 is 0.787 bits per heavy atom. The first kappa shape index (κ1) is 99.8. The van der Waals surface area contributed by atoms with Crippen LogP contribution < -0.4 is 40.9 Å². The molecule has 141 heavy (non-hydrogen) atoms. The van der Waals surface area contributed by atoms with Crippen LogP contribution in [0.15, 0.2) is 170 Å². The van der Waals surface area contributed by atoms with Gasteiger partial charge in [-0.3, -0.25) is 64.8 Å². The standard InChI is InChI=1S/C26H27F3N4O3.C25H25F3N4O4.C25H27F2N5O3.C22H19F5N4O3/c27-26(28,29)19-9-4-8-18(14-19)23(34)31-24-30-21-15-20(32-12-5-13-36-25(32)35)10-11-22(21)33(24)16-17-6-2-1-3-7-17;26-25(27,28)18-6-1-5-17(12-18)22(33)30-23-29-20-13-19(31-9-3-11-36-24(31)34)7-8-21(20)32(23)14-16-4-2-10-35-15-16;26-23(27)16-3-1-4-17(13-16)24(35)29-25-28-20-14-19(7-8-21(20)32(25)9-2-12-33)31-11-10-30(15-22(31)34)18-5-6-18;1-21(23,24)12-31-17-7-6-15(30-8-3-9-34-20(30)33)11-16(17)28-19(31)29-18(32)13-4-2-5-14(10-13)22(25,26)27/h4,8-11,14-15,17H,1-3,5-7,12-13,16H2,(H,30,31,34);1,5-8,12-13,16H,2-4,9-11,14-15H2,(H,29,30,33);1,3-4,7-8,13-14,18,23,33H,2,5-6,9-12,15H2,(H,28,29,35);2,4-7,10-11H,3,8-9,12H2,1H3,(H,28,29,32). The lowest BCUT2D eigenvalue weighted by molar-refractivity contribution is -0.138. The Hall–Kier alpha value is -14.2. The number of carbonyl (C=O) groups excluding carboxylic acids is 8. The summed E-state index contributed by atoms with van der Waals surface area (Å²) in [4.78, 5) is 127. The minimum Gasteiger partial charge on any atom is -0.449 e. The van der Waals surface area contributed by atoms with Crippen molar-refractivity contribution in [2.24, 2.45) is 11.8 Å². The number of ether oxygens (including phenoxy) is 4. The van der Waals surface area contributed by atoms with E-state index < -0.39 is 96.0 Å². The lowest BCUT2D eigenvalue weighted by atomic mass is 9.89. The van der Waals surface area contributed by atoms with Crippen molar-refractivity contribution in [2.75, 3.05) is 120 Å². The first-order chi connectivity index (χ1) is 67.4. The number of aliphatic hydroxyl groups is 1. The average Bonchev–Trinajstić information content (AvgIpc) is 1.64. The minimum atomic E-state index is -4.65. The Kier molecular flexibility index (Phi) is 30.3. The number of halogens is 13. The fraction of sp³-hybridized carbons (Fsp3) is 0.388. The van der Waals surface area contributed by atoms with Gasteiger partial charge in [0, 0.05) is 135 Å². The van der Waals surface area contributed by atoms with E-state index in [-0.39, 0.29) is 81.1 Å². The summed E-state index contributed by atoms with van der Waals surface area (Å²) < 4.78 is 199. The smallest absolute Gasteiger partial charge is 0.416 e. The largest absolute Gasteiger partial charge is 0.449 e. The van der Waals surface area contributed by atoms with Gasteiger partial charge in [-0.2, -0.15) is 39.5 Å². The minimum absolute atomic E-state index is 0.0403. The van der Waals surface area contributed by atoms with E-state index in [9.17, 15) is 101 Å². The molecule has 0 radical (unpaired) electrons. The molecule has 8 amide bonds. The number of anilines is 8. The number of aliphatic hydroxyl groups excluding tert-OH is 1. The van der Waals surface area contributed by atoms with Crippen molar-refractivity contribution in [2.45, 2.75) is 153 Å². The fourth-order valence-electron chi connectivity index (χ4n) is 17.7. The summed E-state index contributed by atoms with van der Waals surface area (Å²) in [5.74, 6) is -4.91. The number of nitrogens with zero attached hydrogens (tertiary/aromatic N) is 13. The molecule has 43 heteroatoms. The van der Waals surface area contributed by atoms with Crippen LogP contribution in [0.4, 0.5) is 118 Å². The fourth-order valence-corrected chi connectivity index (χ4v) is 17.7.